The van der Waals surface area contributed by atoms with E-state index in [0.717, 1.165) is 45.7 Å². The van der Waals surface area contributed by atoms with Gasteiger partial charge >= 0.3 is 6.09 Å². The molecule has 0 aliphatic carbocycles. The molecular weight excluding hydrogens is 286 g/mol. The van der Waals surface area contributed by atoms with Gasteiger partial charge in [-0.2, -0.15) is 0 Å². The summed E-state index contributed by atoms with van der Waals surface area (Å²) in [6, 6.07) is 0.514. The molecule has 7 nitrogen and oxygen atoms in total. The van der Waals surface area contributed by atoms with Crippen LogP contribution in [0.25, 0.3) is 0 Å². The van der Waals surface area contributed by atoms with Crippen LogP contribution in [0.5, 0.6) is 0 Å². The van der Waals surface area contributed by atoms with E-state index in [1.165, 1.54) is 7.11 Å². The van der Waals surface area contributed by atoms with Gasteiger partial charge in [0.2, 0.25) is 0 Å². The summed E-state index contributed by atoms with van der Waals surface area (Å²) in [5.41, 5.74) is -0.399. The van der Waals surface area contributed by atoms with E-state index in [0.29, 0.717) is 12.5 Å². The van der Waals surface area contributed by atoms with Crippen LogP contribution in [0.2, 0.25) is 0 Å². The first-order chi connectivity index (χ1) is 10.4. The second-order valence-corrected chi connectivity index (χ2v) is 6.49. The molecular formula is C15H29N3O4. The van der Waals surface area contributed by atoms with E-state index in [-0.39, 0.29) is 6.09 Å². The topological polar surface area (TPSA) is 71.1 Å². The number of carbonyl (C=O) groups excluding carboxylic acids is 2. The summed E-state index contributed by atoms with van der Waals surface area (Å²) < 4.78 is 9.27. The Bertz CT molecular complexity index is 351. The fourth-order valence-corrected chi connectivity index (χ4v) is 2.58. The molecule has 2 aliphatic rings. The summed E-state index contributed by atoms with van der Waals surface area (Å²) in [6.07, 6.45) is 0.902. The lowest BCUT2D eigenvalue weighted by Crippen LogP contribution is -2.49. The molecule has 7 heteroatoms. The van der Waals surface area contributed by atoms with Crippen molar-refractivity contribution in [2.75, 3.05) is 46.4 Å². The minimum atomic E-state index is -0.399. The Balaban J connectivity index is 0.000000541. The van der Waals surface area contributed by atoms with Crippen molar-refractivity contribution in [3.63, 3.8) is 0 Å². The van der Waals surface area contributed by atoms with Crippen molar-refractivity contribution in [2.45, 2.75) is 38.8 Å². The van der Waals surface area contributed by atoms with Crippen LogP contribution >= 0.6 is 0 Å². The number of methoxy groups -OCH3 is 1. The van der Waals surface area contributed by atoms with E-state index in [1.807, 2.05) is 25.7 Å². The Morgan fingerprint density at radius 1 is 1.23 bits per heavy atom. The average molecular weight is 315 g/mol. The first-order valence-electron chi connectivity index (χ1n) is 7.76. The van der Waals surface area contributed by atoms with Crippen LogP contribution in [-0.2, 0) is 14.3 Å². The highest BCUT2D eigenvalue weighted by Crippen LogP contribution is 2.19. The second-order valence-electron chi connectivity index (χ2n) is 6.49. The van der Waals surface area contributed by atoms with Crippen molar-refractivity contribution < 1.29 is 19.1 Å². The Morgan fingerprint density at radius 3 is 2.32 bits per heavy atom. The highest BCUT2D eigenvalue weighted by molar-refractivity contribution is 5.68. The molecule has 1 atom stereocenters. The molecule has 1 N–H and O–H groups in total. The number of rotatable bonds is 2. The molecule has 2 saturated heterocycles. The Kier molecular flexibility index (Phi) is 7.61. The lowest BCUT2D eigenvalue weighted by molar-refractivity contribution is -0.126. The zero-order valence-corrected chi connectivity index (χ0v) is 14.1. The van der Waals surface area contributed by atoms with Crippen molar-refractivity contribution >= 4 is 12.6 Å². The van der Waals surface area contributed by atoms with Gasteiger partial charge in [-0.3, -0.25) is 9.69 Å². The largest absolute Gasteiger partial charge is 0.471 e. The number of ether oxygens (including phenoxy) is 2. The first-order valence-corrected chi connectivity index (χ1v) is 7.76. The number of hydrogen-bond acceptors (Lipinski definition) is 6. The van der Waals surface area contributed by atoms with Crippen molar-refractivity contribution in [2.24, 2.45) is 0 Å². The van der Waals surface area contributed by atoms with Gasteiger partial charge in [0, 0.05) is 45.3 Å². The minimum Gasteiger partial charge on any atom is -0.471 e. The third kappa shape index (κ3) is 6.62. The van der Waals surface area contributed by atoms with Crippen LogP contribution in [0.3, 0.4) is 0 Å². The monoisotopic (exact) mass is 315 g/mol. The zero-order chi connectivity index (χ0) is 16.6. The summed E-state index contributed by atoms with van der Waals surface area (Å²) in [5, 5.41) is 3.36. The minimum absolute atomic E-state index is 0.167. The van der Waals surface area contributed by atoms with Crippen LogP contribution in [0.15, 0.2) is 0 Å². The molecule has 0 spiro atoms. The van der Waals surface area contributed by atoms with Gasteiger partial charge in [-0.1, -0.05) is 0 Å². The van der Waals surface area contributed by atoms with E-state index >= 15 is 0 Å². The van der Waals surface area contributed by atoms with Crippen LogP contribution in [0, 0.1) is 0 Å². The highest BCUT2D eigenvalue weighted by Gasteiger charge is 2.33. The summed E-state index contributed by atoms with van der Waals surface area (Å²) in [5.74, 6) is 0. The molecule has 128 valence electrons. The van der Waals surface area contributed by atoms with Crippen molar-refractivity contribution in [1.29, 1.82) is 0 Å². The molecule has 2 aliphatic heterocycles. The van der Waals surface area contributed by atoms with Gasteiger partial charge < -0.3 is 19.7 Å². The molecule has 1 unspecified atom stereocenters. The van der Waals surface area contributed by atoms with Gasteiger partial charge in [-0.25, -0.2) is 4.79 Å². The van der Waals surface area contributed by atoms with Gasteiger partial charge in [0.25, 0.3) is 6.47 Å². The highest BCUT2D eigenvalue weighted by atomic mass is 16.6. The fourth-order valence-electron chi connectivity index (χ4n) is 2.58. The molecule has 2 rings (SSSR count). The number of piperazine rings is 1. The van der Waals surface area contributed by atoms with Crippen molar-refractivity contribution in [3.8, 4) is 0 Å². The third-order valence-corrected chi connectivity index (χ3v) is 3.58. The third-order valence-electron chi connectivity index (χ3n) is 3.58. The number of hydrogen-bond donors (Lipinski definition) is 1. The zero-order valence-electron chi connectivity index (χ0n) is 14.1. The number of carbonyl (C=O) groups is 2. The Labute approximate surface area is 132 Å². The molecule has 0 aromatic rings. The molecule has 0 bridgehead atoms. The van der Waals surface area contributed by atoms with E-state index in [9.17, 15) is 4.79 Å². The maximum atomic E-state index is 12.0. The molecule has 1 amide bonds. The van der Waals surface area contributed by atoms with Crippen LogP contribution < -0.4 is 5.32 Å². The van der Waals surface area contributed by atoms with E-state index in [4.69, 9.17) is 9.53 Å². The maximum Gasteiger partial charge on any atom is 0.410 e. The van der Waals surface area contributed by atoms with E-state index < -0.39 is 5.60 Å². The lowest BCUT2D eigenvalue weighted by Gasteiger charge is -2.32. The normalized spacial score (nSPS) is 22.5. The summed E-state index contributed by atoms with van der Waals surface area (Å²) in [4.78, 5) is 25.2. The quantitative estimate of drug-likeness (QED) is 0.756. The standard InChI is InChI=1S/C13H25N3O2.C2H4O2/c1-13(2,3)18-12(17)16-7-4-11(10-16)15-8-5-14-6-9-15;1-4-2-3/h11,14H,4-10H2,1-3H3;2H,1H3. The SMILES string of the molecule is CC(C)(C)OC(=O)N1CCC(N2CCNCC2)C1.COC=O. The lowest BCUT2D eigenvalue weighted by atomic mass is 10.2. The average Bonchev–Trinajstić information content (AvgIpc) is 2.97. The first kappa shape index (κ1) is 18.7. The molecule has 22 heavy (non-hydrogen) atoms. The van der Waals surface area contributed by atoms with Gasteiger partial charge in [0.15, 0.2) is 0 Å². The van der Waals surface area contributed by atoms with Crippen LogP contribution in [-0.4, -0.2) is 80.4 Å². The van der Waals surface area contributed by atoms with Crippen molar-refractivity contribution in [1.82, 2.24) is 15.1 Å². The Morgan fingerprint density at radius 2 is 1.82 bits per heavy atom. The smallest absolute Gasteiger partial charge is 0.410 e. The predicted octanol–water partition coefficient (Wildman–Crippen LogP) is 0.690. The van der Waals surface area contributed by atoms with Gasteiger partial charge in [-0.05, 0) is 27.2 Å². The number of nitrogens with one attached hydrogen (secondary N) is 1. The number of amides is 1. The molecule has 2 fully saturated rings. The summed E-state index contributed by atoms with van der Waals surface area (Å²) in [6.45, 7) is 12.0. The molecule has 2 heterocycles. The predicted molar refractivity (Wildman–Crippen MR) is 83.7 cm³/mol. The number of nitrogens with zero attached hydrogens (tertiary/aromatic N) is 2. The van der Waals surface area contributed by atoms with E-state index in [1.54, 1.807) is 0 Å². The van der Waals surface area contributed by atoms with Gasteiger partial charge in [0.1, 0.15) is 5.60 Å². The Hall–Kier alpha value is -1.34. The van der Waals surface area contributed by atoms with E-state index in [2.05, 4.69) is 15.0 Å². The maximum absolute atomic E-state index is 12.0. The van der Waals surface area contributed by atoms with Gasteiger partial charge in [-0.15, -0.1) is 0 Å². The molecule has 0 aromatic carbocycles. The summed E-state index contributed by atoms with van der Waals surface area (Å²) in [7, 11) is 1.31. The fraction of sp³-hybridized carbons (Fsp3) is 0.867. The summed E-state index contributed by atoms with van der Waals surface area (Å²) >= 11 is 0. The van der Waals surface area contributed by atoms with Crippen molar-refractivity contribution in [3.05, 3.63) is 0 Å². The van der Waals surface area contributed by atoms with Crippen LogP contribution in [0.1, 0.15) is 27.2 Å². The molecule has 0 aromatic heterocycles. The number of likely N-dealkylation sites (tertiary alicyclic amines) is 1. The van der Waals surface area contributed by atoms with Gasteiger partial charge in [0.05, 0.1) is 7.11 Å². The molecule has 0 saturated carbocycles. The second kappa shape index (κ2) is 8.95. The molecule has 0 radical (unpaired) electrons. The van der Waals surface area contributed by atoms with Crippen LogP contribution in [0.4, 0.5) is 4.79 Å².